The smallest absolute Gasteiger partial charge is 0.248 e. The highest BCUT2D eigenvalue weighted by atomic mass is 35.5. The second-order valence-corrected chi connectivity index (χ2v) is 31.1. The van der Waals surface area contributed by atoms with Gasteiger partial charge in [0.15, 0.2) is 0 Å². The molecule has 20 rings (SSSR count). The molecule has 8 N–H and O–H groups in total. The molecule has 0 saturated heterocycles. The van der Waals surface area contributed by atoms with Gasteiger partial charge in [-0.05, 0) is 155 Å². The first-order chi connectivity index (χ1) is 58.8. The number of anilines is 8. The predicted molar refractivity (Wildman–Crippen MR) is 468 cm³/mol. The van der Waals surface area contributed by atoms with Gasteiger partial charge in [-0.25, -0.2) is 48.7 Å². The van der Waals surface area contributed by atoms with Crippen molar-refractivity contribution in [1.29, 1.82) is 0 Å². The number of fused-ring (bicyclic) bond motifs is 8. The van der Waals surface area contributed by atoms with Crippen LogP contribution in [0, 0.1) is 39.3 Å². The molecule has 0 atom stereocenters. The van der Waals surface area contributed by atoms with E-state index in [2.05, 4.69) is 66.0 Å². The van der Waals surface area contributed by atoms with Crippen LogP contribution in [0.1, 0.15) is 62.1 Å². The summed E-state index contributed by atoms with van der Waals surface area (Å²) < 4.78 is 40.2. The van der Waals surface area contributed by atoms with E-state index in [0.29, 0.717) is 153 Å². The molecule has 12 aromatic heterocycles. The number of carbonyl (C=O) groups excluding carboxylic acids is 4. The summed E-state index contributed by atoms with van der Waals surface area (Å²) in [6.45, 7) is 9.91. The summed E-state index contributed by atoms with van der Waals surface area (Å²) in [6, 6.07) is 36.1. The molecule has 0 radical (unpaired) electrons. The highest BCUT2D eigenvalue weighted by Gasteiger charge is 2.35. The summed E-state index contributed by atoms with van der Waals surface area (Å²) in [5.41, 5.74) is 45.3. The zero-order valence-corrected chi connectivity index (χ0v) is 68.9. The molecule has 4 aromatic carbocycles. The zero-order chi connectivity index (χ0) is 85.2. The maximum absolute atomic E-state index is 15.6. The number of pyridine rings is 3. The van der Waals surface area contributed by atoms with Crippen molar-refractivity contribution in [2.24, 2.45) is 28.2 Å². The second kappa shape index (κ2) is 32.5. The van der Waals surface area contributed by atoms with Crippen molar-refractivity contribution < 1.29 is 28.0 Å². The van der Waals surface area contributed by atoms with Crippen molar-refractivity contribution >= 4 is 125 Å². The molecule has 29 nitrogen and oxygen atoms in total. The van der Waals surface area contributed by atoms with Gasteiger partial charge in [-0.3, -0.25) is 38.8 Å². The standard InChI is InChI=1S/C23H21ClN6O.C23H21FN6O.C23H22N6O.C21H20FN7O/c2*1-13-4-3-5-14(28-13)10-19(31)30-9-8-16-18(30)7-6-15(21(16)24)17-11-29(2)23-20(17)22(25)26-12-27-23;1-14-4-3-5-17(27-14)11-20(30)29-9-8-16-10-15(6-7-19(16)29)18-12-28(2)23-21(18)22(24)25-13-26-23;1-12-5-7-28(26-12)10-17(30)29-8-6-14-16(29)4-3-13(19(14)22)15-9-27(2)21-18(15)20(23)24-11-25-21/h2*3-7,11-12H,8-10H2,1-2H3,(H2,25,26,27);3-7,10,12-13H,8-9,11H2,1-2H3,(H2,24,25,26);3-5,7,9,11H,6,8,10H2,1-2H3,(H2,23,24,25). The highest BCUT2D eigenvalue weighted by Crippen LogP contribution is 2.46. The molecule has 122 heavy (non-hydrogen) atoms. The third kappa shape index (κ3) is 15.0. The quantitative estimate of drug-likeness (QED) is 0.0882. The molecular weight excluding hydrogens is 1570 g/mol. The molecule has 0 unspecified atom stereocenters. The van der Waals surface area contributed by atoms with Gasteiger partial charge < -0.3 is 60.8 Å². The van der Waals surface area contributed by atoms with Gasteiger partial charge in [0.05, 0.1) is 51.5 Å². The van der Waals surface area contributed by atoms with Crippen LogP contribution in [0.25, 0.3) is 88.6 Å². The van der Waals surface area contributed by atoms with E-state index in [1.54, 1.807) is 65.2 Å². The fraction of sp³-hybridized carbons (Fsp3) is 0.222. The fourth-order valence-corrected chi connectivity index (χ4v) is 17.3. The van der Waals surface area contributed by atoms with Crippen LogP contribution >= 0.6 is 11.6 Å². The molecule has 16 aromatic rings. The molecule has 0 bridgehead atoms. The van der Waals surface area contributed by atoms with Crippen LogP contribution in [0.2, 0.25) is 5.02 Å². The minimum absolute atomic E-state index is 0.0171. The summed E-state index contributed by atoms with van der Waals surface area (Å²) in [7, 11) is 7.54. The number of aryl methyl sites for hydroxylation is 8. The number of hydrogen-bond donors (Lipinski definition) is 4. The van der Waals surface area contributed by atoms with Crippen molar-refractivity contribution in [3.63, 3.8) is 0 Å². The maximum Gasteiger partial charge on any atom is 0.248 e. The Labute approximate surface area is 703 Å². The van der Waals surface area contributed by atoms with Crippen LogP contribution < -0.4 is 42.5 Å². The van der Waals surface area contributed by atoms with Crippen molar-refractivity contribution in [2.75, 3.05) is 68.7 Å². The van der Waals surface area contributed by atoms with Gasteiger partial charge in [-0.1, -0.05) is 41.9 Å². The molecule has 4 aliphatic rings. The monoisotopic (exact) mass is 1650 g/mol. The average Bonchev–Trinajstić information content (AvgIpc) is 1.66. The minimum atomic E-state index is -0.339. The Kier molecular flexibility index (Phi) is 21.2. The fourth-order valence-electron chi connectivity index (χ4n) is 17.0. The molecule has 614 valence electrons. The Morgan fingerprint density at radius 2 is 0.738 bits per heavy atom. The van der Waals surface area contributed by atoms with E-state index >= 15 is 8.78 Å². The second-order valence-electron chi connectivity index (χ2n) is 30.7. The van der Waals surface area contributed by atoms with E-state index in [0.717, 1.165) is 107 Å². The van der Waals surface area contributed by atoms with Crippen LogP contribution in [0.15, 0.2) is 172 Å². The predicted octanol–water partition coefficient (Wildman–Crippen LogP) is 12.4. The van der Waals surface area contributed by atoms with E-state index in [-0.39, 0.29) is 54.6 Å². The highest BCUT2D eigenvalue weighted by molar-refractivity contribution is 6.35. The van der Waals surface area contributed by atoms with Gasteiger partial charge in [-0.15, -0.1) is 0 Å². The van der Waals surface area contributed by atoms with Crippen LogP contribution in [0.4, 0.5) is 54.8 Å². The first-order valence-electron chi connectivity index (χ1n) is 39.6. The number of nitrogen functional groups attached to an aromatic ring is 4. The number of aromatic nitrogens is 17. The van der Waals surface area contributed by atoms with Crippen molar-refractivity contribution in [2.45, 2.75) is 79.2 Å². The first-order valence-corrected chi connectivity index (χ1v) is 40.0. The Balaban J connectivity index is 0.000000116. The normalized spacial score (nSPS) is 13.1. The number of hydrogen-bond acceptors (Lipinski definition) is 20. The number of nitrogens with zero attached hydrogens (tertiary/aromatic N) is 21. The van der Waals surface area contributed by atoms with Crippen LogP contribution in [-0.2, 0) is 98.9 Å². The largest absolute Gasteiger partial charge is 0.383 e. The number of amides is 4. The Hall–Kier alpha value is -14.8. The molecule has 32 heteroatoms. The third-order valence-electron chi connectivity index (χ3n) is 22.7. The van der Waals surface area contributed by atoms with E-state index < -0.39 is 0 Å². The van der Waals surface area contributed by atoms with E-state index in [9.17, 15) is 19.2 Å². The third-order valence-corrected chi connectivity index (χ3v) is 23.1. The molecule has 0 fully saturated rings. The van der Waals surface area contributed by atoms with Crippen LogP contribution in [-0.4, -0.2) is 133 Å². The molecule has 0 saturated carbocycles. The maximum atomic E-state index is 15.6. The first kappa shape index (κ1) is 79.7. The van der Waals surface area contributed by atoms with Crippen LogP contribution in [0.3, 0.4) is 0 Å². The summed E-state index contributed by atoms with van der Waals surface area (Å²) in [5.74, 6) is 0.707. The summed E-state index contributed by atoms with van der Waals surface area (Å²) >= 11 is 6.86. The van der Waals surface area contributed by atoms with Crippen molar-refractivity contribution in [3.8, 4) is 44.5 Å². The summed E-state index contributed by atoms with van der Waals surface area (Å²) in [5, 5.41) is 7.78. The van der Waals surface area contributed by atoms with Gasteiger partial charge in [-0.2, -0.15) is 5.10 Å². The lowest BCUT2D eigenvalue weighted by Crippen LogP contribution is -2.32. The Bertz CT molecular complexity index is 6720. The topological polar surface area (TPSA) is 365 Å². The molecule has 0 spiro atoms. The summed E-state index contributed by atoms with van der Waals surface area (Å²) in [6.07, 6.45) is 18.3. The van der Waals surface area contributed by atoms with Gasteiger partial charge in [0.25, 0.3) is 0 Å². The van der Waals surface area contributed by atoms with E-state index in [1.165, 1.54) is 25.3 Å². The number of benzene rings is 4. The van der Waals surface area contributed by atoms with E-state index in [1.807, 2.05) is 173 Å². The van der Waals surface area contributed by atoms with Gasteiger partial charge in [0, 0.05) is 192 Å². The number of rotatable bonds is 12. The van der Waals surface area contributed by atoms with Crippen molar-refractivity contribution in [3.05, 3.63) is 250 Å². The molecule has 4 aliphatic heterocycles. The lowest BCUT2D eigenvalue weighted by atomic mass is 10.0. The number of carbonyl (C=O) groups is 4. The summed E-state index contributed by atoms with van der Waals surface area (Å²) in [4.78, 5) is 105. The molecule has 4 amide bonds. The van der Waals surface area contributed by atoms with Gasteiger partial charge >= 0.3 is 0 Å². The molecule has 0 aliphatic carbocycles. The minimum Gasteiger partial charge on any atom is -0.383 e. The lowest BCUT2D eigenvalue weighted by molar-refractivity contribution is -0.119. The van der Waals surface area contributed by atoms with Crippen LogP contribution in [0.5, 0.6) is 0 Å². The molecular formula is C90H84ClF2N25O4. The number of halogens is 3. The SMILES string of the molecule is Cc1cccc(CC(=O)N2CCc3c2ccc(-c2cn(C)c4ncnc(N)c24)c3Cl)n1.Cc1cccc(CC(=O)N2CCc3c2ccc(-c2cn(C)c4ncnc(N)c24)c3F)n1.Cc1cccc(CC(=O)N2CCc3cc(-c4cn(C)c5ncnc(N)c45)ccc32)n1.Cc1ccn(CC(=O)N2CCc3c2ccc(-c2cn(C)c4ncnc(N)c24)c3F)n1. The number of nitrogens with two attached hydrogens (primary N) is 4. The van der Waals surface area contributed by atoms with Crippen molar-refractivity contribution in [1.82, 2.24) is 82.9 Å². The van der Waals surface area contributed by atoms with E-state index in [4.69, 9.17) is 34.5 Å². The zero-order valence-electron chi connectivity index (χ0n) is 68.1. The van der Waals surface area contributed by atoms with Gasteiger partial charge in [0.1, 0.15) is 89.3 Å². The lowest BCUT2D eigenvalue weighted by Gasteiger charge is -2.18. The Morgan fingerprint density at radius 3 is 1.15 bits per heavy atom. The molecule has 16 heterocycles. The average molecular weight is 1650 g/mol. The van der Waals surface area contributed by atoms with Gasteiger partial charge in [0.2, 0.25) is 23.6 Å². The Morgan fingerprint density at radius 1 is 0.385 bits per heavy atom.